The predicted molar refractivity (Wildman–Crippen MR) is 75.8 cm³/mol. The van der Waals surface area contributed by atoms with E-state index in [0.29, 0.717) is 17.0 Å². The fraction of sp³-hybridized carbons (Fsp3) is 0.133. The lowest BCUT2D eigenvalue weighted by atomic mass is 10.1. The van der Waals surface area contributed by atoms with Crippen molar-refractivity contribution in [3.8, 4) is 5.75 Å². The molecule has 0 aliphatic carbocycles. The number of nitrogens with one attached hydrogen (secondary N) is 1. The highest BCUT2D eigenvalue weighted by Gasteiger charge is 2.13. The molecular weight excluding hydrogens is 270 g/mol. The van der Waals surface area contributed by atoms with Crippen LogP contribution in [0.5, 0.6) is 5.75 Å². The number of aromatic hydroxyl groups is 1. The number of carbonyl (C=O) groups excluding carboxylic acids is 1. The Morgan fingerprint density at radius 3 is 3.00 bits per heavy atom. The van der Waals surface area contributed by atoms with Crippen molar-refractivity contribution in [2.24, 2.45) is 0 Å². The van der Waals surface area contributed by atoms with Gasteiger partial charge in [-0.15, -0.1) is 0 Å². The summed E-state index contributed by atoms with van der Waals surface area (Å²) < 4.78 is 4.92. The molecule has 0 fully saturated rings. The Kier molecular flexibility index (Phi) is 3.27. The number of nitrogens with zero attached hydrogens (tertiary/aromatic N) is 2. The summed E-state index contributed by atoms with van der Waals surface area (Å²) in [7, 11) is 0. The normalized spacial score (nSPS) is 10.7. The van der Waals surface area contributed by atoms with E-state index in [4.69, 9.17) is 4.52 Å². The van der Waals surface area contributed by atoms with Crippen LogP contribution in [-0.2, 0) is 6.54 Å². The average molecular weight is 283 g/mol. The van der Waals surface area contributed by atoms with Gasteiger partial charge in [0, 0.05) is 17.6 Å². The van der Waals surface area contributed by atoms with Gasteiger partial charge in [-0.1, -0.05) is 11.2 Å². The van der Waals surface area contributed by atoms with Crippen molar-refractivity contribution in [2.45, 2.75) is 13.5 Å². The van der Waals surface area contributed by atoms with E-state index in [-0.39, 0.29) is 23.8 Å². The Bertz CT molecular complexity index is 811. The molecule has 3 rings (SSSR count). The van der Waals surface area contributed by atoms with Crippen LogP contribution >= 0.6 is 0 Å². The van der Waals surface area contributed by atoms with Crippen LogP contribution < -0.4 is 5.32 Å². The molecule has 1 aromatic carbocycles. The molecule has 0 unspecified atom stereocenters. The lowest BCUT2D eigenvalue weighted by molar-refractivity contribution is 0.0947. The van der Waals surface area contributed by atoms with E-state index in [2.05, 4.69) is 15.5 Å². The van der Waals surface area contributed by atoms with Gasteiger partial charge < -0.3 is 14.9 Å². The van der Waals surface area contributed by atoms with Gasteiger partial charge in [-0.3, -0.25) is 9.78 Å². The number of rotatable bonds is 3. The number of phenols is 1. The highest BCUT2D eigenvalue weighted by Crippen LogP contribution is 2.23. The van der Waals surface area contributed by atoms with Crippen LogP contribution in [0, 0.1) is 6.92 Å². The lowest BCUT2D eigenvalue weighted by Gasteiger charge is -2.07. The van der Waals surface area contributed by atoms with Gasteiger partial charge in [0.2, 0.25) is 0 Å². The molecular formula is C15H13N3O3. The average Bonchev–Trinajstić information content (AvgIpc) is 2.89. The predicted octanol–water partition coefficient (Wildman–Crippen LogP) is 2.17. The summed E-state index contributed by atoms with van der Waals surface area (Å²) in [5, 5.41) is 17.2. The molecule has 0 spiro atoms. The summed E-state index contributed by atoms with van der Waals surface area (Å²) in [6.45, 7) is 2.01. The summed E-state index contributed by atoms with van der Waals surface area (Å²) in [5.41, 5.74) is 1.46. The second-order valence-electron chi connectivity index (χ2n) is 4.68. The van der Waals surface area contributed by atoms with Crippen molar-refractivity contribution in [1.29, 1.82) is 0 Å². The molecule has 0 aliphatic heterocycles. The molecule has 2 aromatic heterocycles. The van der Waals surface area contributed by atoms with Crippen LogP contribution in [0.25, 0.3) is 10.9 Å². The van der Waals surface area contributed by atoms with Gasteiger partial charge in [-0.05, 0) is 25.1 Å². The second-order valence-corrected chi connectivity index (χ2v) is 4.68. The topological polar surface area (TPSA) is 88.2 Å². The quantitative estimate of drug-likeness (QED) is 0.769. The number of carbonyl (C=O) groups is 1. The summed E-state index contributed by atoms with van der Waals surface area (Å²) in [6, 6.07) is 8.42. The van der Waals surface area contributed by atoms with E-state index < -0.39 is 0 Å². The highest BCUT2D eigenvalue weighted by molar-refractivity contribution is 6.00. The highest BCUT2D eigenvalue weighted by atomic mass is 16.5. The smallest absolute Gasteiger partial charge is 0.255 e. The largest absolute Gasteiger partial charge is 0.507 e. The Hall–Kier alpha value is -2.89. The molecule has 0 saturated heterocycles. The van der Waals surface area contributed by atoms with Crippen LogP contribution in [0.1, 0.15) is 21.8 Å². The van der Waals surface area contributed by atoms with Gasteiger partial charge in [0.1, 0.15) is 17.2 Å². The van der Waals surface area contributed by atoms with Crippen LogP contribution in [0.2, 0.25) is 0 Å². The first-order valence-electron chi connectivity index (χ1n) is 6.41. The van der Waals surface area contributed by atoms with Gasteiger partial charge in [0.25, 0.3) is 5.91 Å². The Labute approximate surface area is 120 Å². The number of pyridine rings is 1. The van der Waals surface area contributed by atoms with Crippen molar-refractivity contribution in [3.05, 3.63) is 53.5 Å². The Morgan fingerprint density at radius 2 is 2.24 bits per heavy atom. The molecule has 0 aliphatic rings. The summed E-state index contributed by atoms with van der Waals surface area (Å²) in [4.78, 5) is 16.3. The number of benzene rings is 1. The minimum Gasteiger partial charge on any atom is -0.507 e. The Balaban J connectivity index is 1.82. The van der Waals surface area contributed by atoms with Crippen molar-refractivity contribution >= 4 is 16.8 Å². The van der Waals surface area contributed by atoms with Crippen LogP contribution in [0.4, 0.5) is 0 Å². The first-order chi connectivity index (χ1) is 10.1. The zero-order chi connectivity index (χ0) is 14.8. The minimum absolute atomic E-state index is 0.0793. The van der Waals surface area contributed by atoms with Gasteiger partial charge >= 0.3 is 0 Å². The van der Waals surface area contributed by atoms with Gasteiger partial charge in [0.15, 0.2) is 0 Å². The van der Waals surface area contributed by atoms with Crippen molar-refractivity contribution < 1.29 is 14.4 Å². The molecule has 6 nitrogen and oxygen atoms in total. The first kappa shape index (κ1) is 13.1. The molecule has 0 saturated carbocycles. The maximum atomic E-state index is 12.1. The number of fused-ring (bicyclic) bond motifs is 1. The lowest BCUT2D eigenvalue weighted by Crippen LogP contribution is -2.23. The van der Waals surface area contributed by atoms with Gasteiger partial charge in [-0.2, -0.15) is 0 Å². The summed E-state index contributed by atoms with van der Waals surface area (Å²) >= 11 is 0. The molecule has 0 radical (unpaired) electrons. The number of aromatic nitrogens is 2. The second kappa shape index (κ2) is 5.24. The monoisotopic (exact) mass is 283 g/mol. The Morgan fingerprint density at radius 1 is 1.38 bits per heavy atom. The summed E-state index contributed by atoms with van der Waals surface area (Å²) in [5.74, 6) is 0.210. The summed E-state index contributed by atoms with van der Waals surface area (Å²) in [6.07, 6.45) is 1.64. The zero-order valence-electron chi connectivity index (χ0n) is 11.3. The van der Waals surface area contributed by atoms with E-state index in [1.54, 1.807) is 31.3 Å². The third kappa shape index (κ3) is 2.69. The maximum Gasteiger partial charge on any atom is 0.255 e. The van der Waals surface area contributed by atoms with Crippen molar-refractivity contribution in [1.82, 2.24) is 15.5 Å². The SMILES string of the molecule is Cc1cc(CNC(=O)c2cc3ncccc3cc2O)no1. The molecule has 3 aromatic rings. The molecule has 6 heteroatoms. The molecule has 2 heterocycles. The number of phenolic OH excluding ortho intramolecular Hbond substituents is 1. The molecule has 0 atom stereocenters. The number of hydrogen-bond donors (Lipinski definition) is 2. The van der Waals surface area contributed by atoms with E-state index in [1.807, 2.05) is 6.07 Å². The van der Waals surface area contributed by atoms with Crippen molar-refractivity contribution in [2.75, 3.05) is 0 Å². The molecule has 0 bridgehead atoms. The van der Waals surface area contributed by atoms with E-state index in [1.165, 1.54) is 6.07 Å². The van der Waals surface area contributed by atoms with E-state index >= 15 is 0 Å². The van der Waals surface area contributed by atoms with Crippen LogP contribution in [0.3, 0.4) is 0 Å². The number of hydrogen-bond acceptors (Lipinski definition) is 5. The maximum absolute atomic E-state index is 12.1. The van der Waals surface area contributed by atoms with E-state index in [0.717, 1.165) is 5.39 Å². The van der Waals surface area contributed by atoms with E-state index in [9.17, 15) is 9.90 Å². The number of aryl methyl sites for hydroxylation is 1. The molecule has 1 amide bonds. The first-order valence-corrected chi connectivity index (χ1v) is 6.41. The molecule has 106 valence electrons. The number of amides is 1. The molecule has 21 heavy (non-hydrogen) atoms. The third-order valence-corrected chi connectivity index (χ3v) is 3.07. The minimum atomic E-state index is -0.388. The van der Waals surface area contributed by atoms with Crippen LogP contribution in [-0.4, -0.2) is 21.2 Å². The van der Waals surface area contributed by atoms with Gasteiger partial charge in [0.05, 0.1) is 17.6 Å². The molecule has 2 N–H and O–H groups in total. The third-order valence-electron chi connectivity index (χ3n) is 3.07. The fourth-order valence-electron chi connectivity index (χ4n) is 2.06. The van der Waals surface area contributed by atoms with Crippen molar-refractivity contribution in [3.63, 3.8) is 0 Å². The fourth-order valence-corrected chi connectivity index (χ4v) is 2.06. The standard InChI is InChI=1S/C15H13N3O3/c1-9-5-11(18-21-9)8-17-15(20)12-7-13-10(6-14(12)19)3-2-4-16-13/h2-7,19H,8H2,1H3,(H,17,20). The zero-order valence-corrected chi connectivity index (χ0v) is 11.3. The van der Waals surface area contributed by atoms with Crippen LogP contribution in [0.15, 0.2) is 41.1 Å². The van der Waals surface area contributed by atoms with Gasteiger partial charge in [-0.25, -0.2) is 0 Å².